The Hall–Kier alpha value is -0.360. The lowest BCUT2D eigenvalue weighted by molar-refractivity contribution is -0.282. The Labute approximate surface area is 201 Å². The average molecular weight is 483 g/mol. The van der Waals surface area contributed by atoms with Gasteiger partial charge in [-0.25, -0.2) is 0 Å². The number of nitrogens with two attached hydrogens (primary N) is 1. The average Bonchev–Trinajstić information content (AvgIpc) is 3.17. The summed E-state index contributed by atoms with van der Waals surface area (Å²) in [6, 6.07) is 0.0614. The molecule has 0 aromatic heterocycles. The van der Waals surface area contributed by atoms with Gasteiger partial charge in [-0.1, -0.05) is 6.92 Å². The molecule has 1 spiro atoms. The lowest BCUT2D eigenvalue weighted by Crippen LogP contribution is -2.80. The van der Waals surface area contributed by atoms with Crippen molar-refractivity contribution in [2.75, 3.05) is 48.1 Å². The van der Waals surface area contributed by atoms with Gasteiger partial charge in [0.25, 0.3) is 0 Å². The minimum atomic E-state index is -1.35. The van der Waals surface area contributed by atoms with E-state index < -0.39 is 40.3 Å². The first-order chi connectivity index (χ1) is 16.2. The van der Waals surface area contributed by atoms with Crippen LogP contribution < -0.4 is 5.73 Å². The topological polar surface area (TPSA) is 127 Å². The summed E-state index contributed by atoms with van der Waals surface area (Å²) in [6.07, 6.45) is -1.24. The van der Waals surface area contributed by atoms with E-state index in [0.717, 1.165) is 6.54 Å². The van der Waals surface area contributed by atoms with E-state index >= 15 is 0 Å². The van der Waals surface area contributed by atoms with Crippen LogP contribution in [0.25, 0.3) is 0 Å². The smallest absolute Gasteiger partial charge is 0.117 e. The van der Waals surface area contributed by atoms with Crippen molar-refractivity contribution in [2.24, 2.45) is 40.2 Å². The normalized spacial score (nSPS) is 61.7. The maximum Gasteiger partial charge on any atom is 0.117 e. The highest BCUT2D eigenvalue weighted by molar-refractivity contribution is 5.39. The van der Waals surface area contributed by atoms with Crippen LogP contribution in [0.1, 0.15) is 26.2 Å². The molecule has 5 saturated carbocycles. The van der Waals surface area contributed by atoms with Crippen LogP contribution in [0.5, 0.6) is 0 Å². The summed E-state index contributed by atoms with van der Waals surface area (Å²) in [4.78, 5) is 2.47. The molecule has 9 nitrogen and oxygen atoms in total. The first-order valence-corrected chi connectivity index (χ1v) is 12.9. The van der Waals surface area contributed by atoms with Crippen molar-refractivity contribution < 1.29 is 34.3 Å². The van der Waals surface area contributed by atoms with Crippen LogP contribution in [0.2, 0.25) is 0 Å². The summed E-state index contributed by atoms with van der Waals surface area (Å²) in [5.74, 6) is -0.548. The fourth-order valence-corrected chi connectivity index (χ4v) is 11.0. The van der Waals surface area contributed by atoms with Gasteiger partial charge >= 0.3 is 0 Å². The summed E-state index contributed by atoms with van der Waals surface area (Å²) in [7, 11) is 6.77. The summed E-state index contributed by atoms with van der Waals surface area (Å²) in [6.45, 7) is 4.07. The maximum atomic E-state index is 11.8. The highest BCUT2D eigenvalue weighted by atomic mass is 16.5. The second-order valence-electron chi connectivity index (χ2n) is 12.2. The lowest BCUT2D eigenvalue weighted by atomic mass is 9.42. The first-order valence-electron chi connectivity index (χ1n) is 12.9. The van der Waals surface area contributed by atoms with Crippen LogP contribution in [0, 0.1) is 34.5 Å². The fraction of sp³-hybridized carbons (Fsp3) is 1.00. The number of nitrogens with zero attached hydrogens (tertiary/aromatic N) is 1. The van der Waals surface area contributed by atoms with Crippen LogP contribution in [-0.4, -0.2) is 116 Å². The third-order valence-electron chi connectivity index (χ3n) is 11.7. The highest BCUT2D eigenvalue weighted by Gasteiger charge is 2.88. The third kappa shape index (κ3) is 2.26. The van der Waals surface area contributed by atoms with Gasteiger partial charge in [0.15, 0.2) is 0 Å². The minimum Gasteiger partial charge on any atom is -0.392 e. The molecular formula is C25H42N2O7. The van der Waals surface area contributed by atoms with E-state index in [2.05, 4.69) is 11.8 Å². The van der Waals surface area contributed by atoms with Crippen LogP contribution >= 0.6 is 0 Å². The predicted octanol–water partition coefficient (Wildman–Crippen LogP) is -0.792. The van der Waals surface area contributed by atoms with Crippen LogP contribution in [0.3, 0.4) is 0 Å². The number of aliphatic hydroxyl groups is 3. The van der Waals surface area contributed by atoms with Crippen LogP contribution in [0.4, 0.5) is 0 Å². The third-order valence-corrected chi connectivity index (χ3v) is 11.7. The van der Waals surface area contributed by atoms with E-state index in [1.54, 1.807) is 28.4 Å². The molecule has 5 N–H and O–H groups in total. The molecule has 14 unspecified atom stereocenters. The molecule has 1 saturated heterocycles. The van der Waals surface area contributed by atoms with Gasteiger partial charge in [-0.15, -0.1) is 0 Å². The van der Waals surface area contributed by atoms with Gasteiger partial charge in [0, 0.05) is 81.6 Å². The second-order valence-corrected chi connectivity index (χ2v) is 12.2. The molecule has 34 heavy (non-hydrogen) atoms. The molecule has 0 amide bonds. The molecule has 6 aliphatic rings. The van der Waals surface area contributed by atoms with Crippen molar-refractivity contribution in [3.63, 3.8) is 0 Å². The maximum absolute atomic E-state index is 11.8. The van der Waals surface area contributed by atoms with Gasteiger partial charge in [0.2, 0.25) is 0 Å². The van der Waals surface area contributed by atoms with Crippen molar-refractivity contribution in [2.45, 2.75) is 73.9 Å². The number of aliphatic hydroxyl groups excluding tert-OH is 2. The molecule has 5 aliphatic carbocycles. The predicted molar refractivity (Wildman–Crippen MR) is 122 cm³/mol. The van der Waals surface area contributed by atoms with Crippen molar-refractivity contribution >= 4 is 0 Å². The molecule has 6 rings (SSSR count). The Balaban J connectivity index is 1.66. The zero-order chi connectivity index (χ0) is 24.4. The van der Waals surface area contributed by atoms with Gasteiger partial charge in [0.05, 0.1) is 37.1 Å². The number of likely N-dealkylation sites (tertiary alicyclic amines) is 1. The van der Waals surface area contributed by atoms with Crippen molar-refractivity contribution in [1.29, 1.82) is 0 Å². The highest BCUT2D eigenvalue weighted by Crippen LogP contribution is 2.79. The number of ether oxygens (including phenoxy) is 4. The Kier molecular flexibility index (Phi) is 5.19. The van der Waals surface area contributed by atoms with E-state index in [9.17, 15) is 15.3 Å². The van der Waals surface area contributed by atoms with Crippen molar-refractivity contribution in [3.8, 4) is 0 Å². The van der Waals surface area contributed by atoms with Gasteiger partial charge in [0.1, 0.15) is 5.60 Å². The Morgan fingerprint density at radius 1 is 1.00 bits per heavy atom. The molecule has 6 fully saturated rings. The molecular weight excluding hydrogens is 440 g/mol. The number of rotatable bonds is 6. The fourth-order valence-electron chi connectivity index (χ4n) is 11.0. The van der Waals surface area contributed by atoms with Gasteiger partial charge < -0.3 is 40.0 Å². The van der Waals surface area contributed by atoms with Crippen molar-refractivity contribution in [3.05, 3.63) is 0 Å². The molecule has 194 valence electrons. The molecule has 1 aliphatic heterocycles. The monoisotopic (exact) mass is 482 g/mol. The Morgan fingerprint density at radius 2 is 1.71 bits per heavy atom. The zero-order valence-corrected chi connectivity index (χ0v) is 21.0. The van der Waals surface area contributed by atoms with Gasteiger partial charge in [-0.3, -0.25) is 4.90 Å². The number of methoxy groups -OCH3 is 4. The summed E-state index contributed by atoms with van der Waals surface area (Å²) >= 11 is 0. The number of piperidine rings is 1. The first kappa shape index (κ1) is 24.0. The van der Waals surface area contributed by atoms with E-state index in [-0.39, 0.29) is 41.9 Å². The van der Waals surface area contributed by atoms with E-state index in [4.69, 9.17) is 24.7 Å². The van der Waals surface area contributed by atoms with Crippen LogP contribution in [0.15, 0.2) is 0 Å². The SMILES string of the molecule is CCN1CC2(COC)C(O)CC(OC)C34C5CC6(O)C(OC)CC(N)(C5C6O)C(C(OC)C23)C14. The number of fused-ring (bicyclic) bond motifs is 2. The number of hydrogen-bond donors (Lipinski definition) is 4. The molecule has 0 radical (unpaired) electrons. The van der Waals surface area contributed by atoms with E-state index in [1.165, 1.54) is 0 Å². The minimum absolute atomic E-state index is 0.0614. The zero-order valence-electron chi connectivity index (χ0n) is 21.0. The molecule has 7 bridgehead atoms. The van der Waals surface area contributed by atoms with Crippen LogP contribution in [-0.2, 0) is 18.9 Å². The quantitative estimate of drug-likeness (QED) is 0.385. The summed E-state index contributed by atoms with van der Waals surface area (Å²) in [5, 5.41) is 35.2. The molecule has 1 heterocycles. The Bertz CT molecular complexity index is 848. The Morgan fingerprint density at radius 3 is 2.29 bits per heavy atom. The summed E-state index contributed by atoms with van der Waals surface area (Å²) in [5.41, 5.74) is 4.33. The second kappa shape index (κ2) is 7.36. The number of hydrogen-bond acceptors (Lipinski definition) is 9. The van der Waals surface area contributed by atoms with Crippen molar-refractivity contribution in [1.82, 2.24) is 4.90 Å². The lowest BCUT2D eigenvalue weighted by Gasteiger charge is -2.70. The van der Waals surface area contributed by atoms with Gasteiger partial charge in [-0.05, 0) is 25.3 Å². The largest absolute Gasteiger partial charge is 0.392 e. The standard InChI is InChI=1S/C25H42N2O7/c1-6-27-10-22(11-31-2)13(28)7-14(32-3)25-12-8-24(30)15(33-4)9-23(26,16(12)21(24)29)17(20(25)27)18(34-5)19(22)25/h12-21,28-30H,6-11,26H2,1-5H3. The molecule has 14 atom stereocenters. The molecule has 0 aromatic rings. The summed E-state index contributed by atoms with van der Waals surface area (Å²) < 4.78 is 24.2. The van der Waals surface area contributed by atoms with E-state index in [1.807, 2.05) is 0 Å². The van der Waals surface area contributed by atoms with Gasteiger partial charge in [-0.2, -0.15) is 0 Å². The molecule has 0 aromatic carbocycles. The van der Waals surface area contributed by atoms with E-state index in [0.29, 0.717) is 32.4 Å². The molecule has 9 heteroatoms.